The molecule has 0 spiro atoms. The minimum atomic E-state index is -0.925. The summed E-state index contributed by atoms with van der Waals surface area (Å²) in [6.45, 7) is 1.21. The van der Waals surface area contributed by atoms with Crippen LogP contribution in [0.5, 0.6) is 5.75 Å². The number of rotatable bonds is 3. The Hall–Kier alpha value is -2.54. The van der Waals surface area contributed by atoms with Gasteiger partial charge in [0.15, 0.2) is 11.8 Å². The Morgan fingerprint density at radius 1 is 1.36 bits per heavy atom. The number of aliphatic carboxylic acids is 1. The van der Waals surface area contributed by atoms with E-state index in [-0.39, 0.29) is 6.61 Å². The van der Waals surface area contributed by atoms with E-state index in [4.69, 9.17) is 14.6 Å². The fourth-order valence-corrected chi connectivity index (χ4v) is 2.38. The summed E-state index contributed by atoms with van der Waals surface area (Å²) >= 11 is 0. The van der Waals surface area contributed by atoms with Crippen LogP contribution in [0, 0.1) is 0 Å². The summed E-state index contributed by atoms with van der Waals surface area (Å²) in [5.74, 6) is 0.489. The molecule has 1 atom stereocenters. The minimum Gasteiger partial charge on any atom is -0.497 e. The highest BCUT2D eigenvalue weighted by atomic mass is 16.5. The van der Waals surface area contributed by atoms with E-state index in [0.29, 0.717) is 18.8 Å². The number of ether oxygens (including phenoxy) is 2. The van der Waals surface area contributed by atoms with Gasteiger partial charge in [-0.1, -0.05) is 0 Å². The molecule has 116 valence electrons. The number of nitrogens with one attached hydrogen (secondary N) is 2. The first kappa shape index (κ1) is 14.4. The van der Waals surface area contributed by atoms with Crippen molar-refractivity contribution in [3.05, 3.63) is 35.7 Å². The Morgan fingerprint density at radius 3 is 2.82 bits per heavy atom. The predicted octanol–water partition coefficient (Wildman–Crippen LogP) is 0.655. The maximum atomic E-state index is 11.0. The fraction of sp³-hybridized carbons (Fsp3) is 0.333. The van der Waals surface area contributed by atoms with Gasteiger partial charge in [0.25, 0.3) is 0 Å². The lowest BCUT2D eigenvalue weighted by atomic mass is 10.1. The van der Waals surface area contributed by atoms with Crippen molar-refractivity contribution in [2.45, 2.75) is 6.04 Å². The third-order valence-corrected chi connectivity index (χ3v) is 3.51. The fourth-order valence-electron chi connectivity index (χ4n) is 2.38. The molecule has 1 unspecified atom stereocenters. The van der Waals surface area contributed by atoms with Gasteiger partial charge in [-0.05, 0) is 24.3 Å². The Bertz CT molecular complexity index is 637. The molecule has 0 radical (unpaired) electrons. The minimum absolute atomic E-state index is 0.0931. The molecule has 7 heteroatoms. The highest BCUT2D eigenvalue weighted by Crippen LogP contribution is 2.22. The van der Waals surface area contributed by atoms with Gasteiger partial charge in [-0.3, -0.25) is 0 Å². The van der Waals surface area contributed by atoms with Crippen molar-refractivity contribution >= 4 is 17.4 Å². The van der Waals surface area contributed by atoms with Gasteiger partial charge in [-0.2, -0.15) is 0 Å². The second-order valence-electron chi connectivity index (χ2n) is 5.01. The summed E-state index contributed by atoms with van der Waals surface area (Å²) in [4.78, 5) is 15.6. The summed E-state index contributed by atoms with van der Waals surface area (Å²) in [7, 11) is 1.61. The van der Waals surface area contributed by atoms with E-state index in [1.807, 2.05) is 24.3 Å². The number of carboxylic acids is 1. The molecule has 2 aliphatic heterocycles. The van der Waals surface area contributed by atoms with Gasteiger partial charge in [-0.15, -0.1) is 0 Å². The zero-order valence-electron chi connectivity index (χ0n) is 12.1. The van der Waals surface area contributed by atoms with Crippen LogP contribution in [-0.2, 0) is 9.53 Å². The van der Waals surface area contributed by atoms with Crippen LogP contribution in [0.25, 0.3) is 0 Å². The number of methoxy groups -OCH3 is 1. The maximum Gasteiger partial charge on any atom is 0.329 e. The highest BCUT2D eigenvalue weighted by molar-refractivity contribution is 6.03. The molecule has 0 amide bonds. The lowest BCUT2D eigenvalue weighted by Gasteiger charge is -2.31. The van der Waals surface area contributed by atoms with Crippen LogP contribution in [0.1, 0.15) is 0 Å². The van der Waals surface area contributed by atoms with Gasteiger partial charge in [-0.25, -0.2) is 9.79 Å². The van der Waals surface area contributed by atoms with E-state index in [1.165, 1.54) is 0 Å². The summed E-state index contributed by atoms with van der Waals surface area (Å²) < 4.78 is 10.7. The molecule has 0 saturated heterocycles. The smallest absolute Gasteiger partial charge is 0.329 e. The molecule has 0 bridgehead atoms. The monoisotopic (exact) mass is 303 g/mol. The average molecular weight is 303 g/mol. The van der Waals surface area contributed by atoms with Crippen LogP contribution in [0.4, 0.5) is 5.69 Å². The Balaban J connectivity index is 1.85. The molecule has 0 aromatic heterocycles. The lowest BCUT2D eigenvalue weighted by Crippen LogP contribution is -2.50. The van der Waals surface area contributed by atoms with Crippen LogP contribution in [0.3, 0.4) is 0 Å². The normalized spacial score (nSPS) is 22.6. The third-order valence-electron chi connectivity index (χ3n) is 3.51. The highest BCUT2D eigenvalue weighted by Gasteiger charge is 2.30. The molecular formula is C15H17N3O4. The molecule has 0 saturated carbocycles. The van der Waals surface area contributed by atoms with Crippen LogP contribution >= 0.6 is 0 Å². The van der Waals surface area contributed by atoms with Crippen molar-refractivity contribution in [3.63, 3.8) is 0 Å². The van der Waals surface area contributed by atoms with E-state index in [9.17, 15) is 4.79 Å². The molecule has 2 heterocycles. The van der Waals surface area contributed by atoms with Crippen molar-refractivity contribution in [2.75, 3.05) is 26.8 Å². The number of carboxylic acid groups (broad SMARTS) is 1. The SMILES string of the molecule is COc1ccc(/N=C2\CNCC3=C2OCC(C(=O)O)N3)cc1. The van der Waals surface area contributed by atoms with E-state index < -0.39 is 12.0 Å². The summed E-state index contributed by atoms with van der Waals surface area (Å²) in [5, 5.41) is 15.2. The molecule has 3 rings (SSSR count). The number of hydrogen-bond donors (Lipinski definition) is 3. The number of aliphatic imine (C=N–C) groups is 1. The largest absolute Gasteiger partial charge is 0.497 e. The summed E-state index contributed by atoms with van der Waals surface area (Å²) in [6.07, 6.45) is 0. The molecule has 2 aliphatic rings. The van der Waals surface area contributed by atoms with Crippen molar-refractivity contribution < 1.29 is 19.4 Å². The predicted molar refractivity (Wildman–Crippen MR) is 80.5 cm³/mol. The van der Waals surface area contributed by atoms with Gasteiger partial charge in [0, 0.05) is 13.1 Å². The van der Waals surface area contributed by atoms with Crippen LogP contribution in [0.2, 0.25) is 0 Å². The summed E-state index contributed by atoms with van der Waals surface area (Å²) in [6, 6.07) is 6.67. The van der Waals surface area contributed by atoms with E-state index >= 15 is 0 Å². The molecule has 1 aromatic carbocycles. The average Bonchev–Trinajstić information content (AvgIpc) is 2.55. The summed E-state index contributed by atoms with van der Waals surface area (Å²) in [5.41, 5.74) is 2.27. The second-order valence-corrected chi connectivity index (χ2v) is 5.01. The first-order chi connectivity index (χ1) is 10.7. The Kier molecular flexibility index (Phi) is 3.97. The van der Waals surface area contributed by atoms with Crippen molar-refractivity contribution in [1.29, 1.82) is 0 Å². The maximum absolute atomic E-state index is 11.0. The van der Waals surface area contributed by atoms with Crippen molar-refractivity contribution in [2.24, 2.45) is 4.99 Å². The van der Waals surface area contributed by atoms with Gasteiger partial charge in [0.2, 0.25) is 0 Å². The quantitative estimate of drug-likeness (QED) is 0.759. The van der Waals surface area contributed by atoms with Gasteiger partial charge >= 0.3 is 5.97 Å². The zero-order valence-corrected chi connectivity index (χ0v) is 12.1. The second kappa shape index (κ2) is 6.07. The number of carbonyl (C=O) groups is 1. The van der Waals surface area contributed by atoms with Crippen LogP contribution in [0.15, 0.2) is 40.7 Å². The van der Waals surface area contributed by atoms with Gasteiger partial charge in [0.1, 0.15) is 12.4 Å². The van der Waals surface area contributed by atoms with Crippen LogP contribution < -0.4 is 15.4 Å². The van der Waals surface area contributed by atoms with Crippen LogP contribution in [-0.4, -0.2) is 49.6 Å². The standard InChI is InChI=1S/C15H17N3O4/c1-21-10-4-2-9(3-5-10)17-11-6-16-7-12-14(11)22-8-13(18-12)15(19)20/h2-5,13,16,18H,6-8H2,1H3,(H,19,20)/b17-11+. The first-order valence-corrected chi connectivity index (χ1v) is 6.95. The van der Waals surface area contributed by atoms with Gasteiger partial charge < -0.3 is 25.2 Å². The number of hydrogen-bond acceptors (Lipinski definition) is 6. The van der Waals surface area contributed by atoms with Gasteiger partial charge in [0.05, 0.1) is 24.2 Å². The zero-order chi connectivity index (χ0) is 15.5. The molecule has 7 nitrogen and oxygen atoms in total. The van der Waals surface area contributed by atoms with E-state index in [0.717, 1.165) is 22.8 Å². The third kappa shape index (κ3) is 2.89. The molecule has 22 heavy (non-hydrogen) atoms. The molecule has 0 fully saturated rings. The van der Waals surface area contributed by atoms with Crippen molar-refractivity contribution in [3.8, 4) is 5.75 Å². The van der Waals surface area contributed by atoms with E-state index in [1.54, 1.807) is 7.11 Å². The number of benzene rings is 1. The first-order valence-electron chi connectivity index (χ1n) is 6.95. The molecule has 0 aliphatic carbocycles. The molecule has 3 N–H and O–H groups in total. The number of nitrogens with zero attached hydrogens (tertiary/aromatic N) is 1. The van der Waals surface area contributed by atoms with Crippen molar-refractivity contribution in [1.82, 2.24) is 10.6 Å². The topological polar surface area (TPSA) is 92.2 Å². The van der Waals surface area contributed by atoms with E-state index in [2.05, 4.69) is 15.6 Å². The Morgan fingerprint density at radius 2 is 2.14 bits per heavy atom. The molecular weight excluding hydrogens is 286 g/mol. The Labute approximate surface area is 127 Å². The lowest BCUT2D eigenvalue weighted by molar-refractivity contribution is -0.140. The molecule has 1 aromatic rings.